The summed E-state index contributed by atoms with van der Waals surface area (Å²) in [5, 5.41) is 66.0. The number of nitrogens with one attached hydrogen (secondary N) is 7. The Bertz CT molecular complexity index is 2190. The fourth-order valence-corrected chi connectivity index (χ4v) is 7.12. The minimum absolute atomic E-state index is 0.0209. The first-order valence-corrected chi connectivity index (χ1v) is 23.3. The minimum Gasteiger partial charge on any atom is -0.481 e. The average Bonchev–Trinajstić information content (AvgIpc) is 3.30. The smallest absolute Gasteiger partial charge is 0.326 e. The summed E-state index contributed by atoms with van der Waals surface area (Å²) in [7, 11) is 0. The van der Waals surface area contributed by atoms with Crippen molar-refractivity contribution < 1.29 is 78.3 Å². The van der Waals surface area contributed by atoms with Gasteiger partial charge < -0.3 is 68.5 Å². The number of hydrogen-bond donors (Lipinski definition) is 13. The third-order valence-corrected chi connectivity index (χ3v) is 10.9. The van der Waals surface area contributed by atoms with Crippen LogP contribution < -0.4 is 43.0 Å². The Morgan fingerprint density at radius 2 is 0.875 bits per heavy atom. The number of hydrogen-bond acceptors (Lipinski definition) is 13. The molecule has 7 amide bonds. The highest BCUT2D eigenvalue weighted by Crippen LogP contribution is 2.14. The highest BCUT2D eigenvalue weighted by molar-refractivity contribution is 5.97. The van der Waals surface area contributed by atoms with Gasteiger partial charge in [0.25, 0.3) is 5.91 Å². The zero-order chi connectivity index (χ0) is 54.2. The van der Waals surface area contributed by atoms with Crippen LogP contribution in [0.1, 0.15) is 90.7 Å². The largest absolute Gasteiger partial charge is 0.481 e. The number of amides is 7. The summed E-state index contributed by atoms with van der Waals surface area (Å²) in [5.41, 5.74) is 6.93. The van der Waals surface area contributed by atoms with Crippen molar-refractivity contribution in [1.82, 2.24) is 37.2 Å². The molecule has 0 heterocycles. The molecule has 0 aliphatic carbocycles. The lowest BCUT2D eigenvalue weighted by Crippen LogP contribution is -2.61. The highest BCUT2D eigenvalue weighted by atomic mass is 16.4. The van der Waals surface area contributed by atoms with E-state index in [4.69, 9.17) is 10.8 Å². The van der Waals surface area contributed by atoms with Crippen molar-refractivity contribution in [1.29, 1.82) is 0 Å². The molecule has 0 aliphatic heterocycles. The molecule has 396 valence electrons. The second-order valence-electron chi connectivity index (χ2n) is 18.1. The SMILES string of the molecule is CC(C)C[C@H](NC(=O)[C@H](CC(C)C)NC(=O)[C@@H](N)CCC(=O)O)C(=O)N[C@@H](Cc1ccccc1)[C@@H](O)C(=O)N[C@@H](CC(=O)O)C(=O)N[C@@H](C)C(=O)N[C@@H](CCC(=O)O)C(=O)N[C@@H](Cc1ccccc1)C(=O)O. The van der Waals surface area contributed by atoms with Crippen LogP contribution in [0.15, 0.2) is 60.7 Å². The van der Waals surface area contributed by atoms with Crippen LogP contribution in [0.3, 0.4) is 0 Å². The quantitative estimate of drug-likeness (QED) is 0.0416. The van der Waals surface area contributed by atoms with E-state index >= 15 is 0 Å². The molecule has 0 saturated carbocycles. The van der Waals surface area contributed by atoms with Gasteiger partial charge in [-0.2, -0.15) is 0 Å². The predicted octanol–water partition coefficient (Wildman–Crippen LogP) is -1.05. The van der Waals surface area contributed by atoms with Crippen LogP contribution in [-0.2, 0) is 65.6 Å². The number of rotatable bonds is 32. The molecule has 9 atom stereocenters. The Hall–Kier alpha value is -7.47. The summed E-state index contributed by atoms with van der Waals surface area (Å²) in [6.07, 6.45) is -5.29. The van der Waals surface area contributed by atoms with Gasteiger partial charge in [-0.3, -0.25) is 47.9 Å². The van der Waals surface area contributed by atoms with Crippen molar-refractivity contribution in [3.8, 4) is 0 Å². The van der Waals surface area contributed by atoms with Gasteiger partial charge in [0.15, 0.2) is 6.10 Å². The molecule has 24 nitrogen and oxygen atoms in total. The van der Waals surface area contributed by atoms with Crippen LogP contribution in [0.25, 0.3) is 0 Å². The fourth-order valence-electron chi connectivity index (χ4n) is 7.12. The van der Waals surface area contributed by atoms with Gasteiger partial charge >= 0.3 is 23.9 Å². The van der Waals surface area contributed by atoms with Crippen molar-refractivity contribution >= 4 is 65.2 Å². The molecule has 72 heavy (non-hydrogen) atoms. The Kier molecular flexibility index (Phi) is 25.5. The Morgan fingerprint density at radius 1 is 0.458 bits per heavy atom. The first kappa shape index (κ1) is 60.7. The second kappa shape index (κ2) is 30.3. The summed E-state index contributed by atoms with van der Waals surface area (Å²) in [5.74, 6) is -13.1. The van der Waals surface area contributed by atoms with E-state index in [2.05, 4.69) is 37.2 Å². The van der Waals surface area contributed by atoms with E-state index < -0.39 is 145 Å². The van der Waals surface area contributed by atoms with Crippen LogP contribution in [0.4, 0.5) is 0 Å². The molecule has 2 aromatic carbocycles. The molecule has 0 fully saturated rings. The van der Waals surface area contributed by atoms with Gasteiger partial charge in [-0.1, -0.05) is 88.4 Å². The van der Waals surface area contributed by atoms with E-state index in [1.165, 1.54) is 0 Å². The van der Waals surface area contributed by atoms with Gasteiger partial charge in [0, 0.05) is 19.3 Å². The van der Waals surface area contributed by atoms with Crippen molar-refractivity contribution in [2.45, 2.75) is 147 Å². The van der Waals surface area contributed by atoms with E-state index in [0.717, 1.165) is 6.92 Å². The third kappa shape index (κ3) is 22.5. The number of benzene rings is 2. The lowest BCUT2D eigenvalue weighted by atomic mass is 9.97. The van der Waals surface area contributed by atoms with Gasteiger partial charge in [0.05, 0.1) is 18.5 Å². The predicted molar refractivity (Wildman–Crippen MR) is 256 cm³/mol. The first-order valence-electron chi connectivity index (χ1n) is 23.3. The third-order valence-electron chi connectivity index (χ3n) is 10.9. The number of aliphatic hydroxyl groups is 1. The molecule has 0 bridgehead atoms. The summed E-state index contributed by atoms with van der Waals surface area (Å²) >= 11 is 0. The van der Waals surface area contributed by atoms with Gasteiger partial charge in [-0.15, -0.1) is 0 Å². The molecular weight excluding hydrogens is 945 g/mol. The van der Waals surface area contributed by atoms with Gasteiger partial charge in [-0.05, 0) is 62.0 Å². The van der Waals surface area contributed by atoms with Crippen molar-refractivity contribution in [2.75, 3.05) is 0 Å². The normalized spacial score (nSPS) is 14.8. The number of carboxylic acid groups (broad SMARTS) is 4. The summed E-state index contributed by atoms with van der Waals surface area (Å²) in [4.78, 5) is 141. The van der Waals surface area contributed by atoms with E-state index in [1.807, 2.05) is 0 Å². The van der Waals surface area contributed by atoms with Crippen molar-refractivity contribution in [2.24, 2.45) is 17.6 Å². The number of carboxylic acids is 4. The maximum atomic E-state index is 14.1. The van der Waals surface area contributed by atoms with E-state index in [0.29, 0.717) is 11.1 Å². The molecule has 14 N–H and O–H groups in total. The molecule has 0 aromatic heterocycles. The van der Waals surface area contributed by atoms with Gasteiger partial charge in [-0.25, -0.2) is 4.79 Å². The Labute approximate surface area is 416 Å². The van der Waals surface area contributed by atoms with Crippen LogP contribution in [0.2, 0.25) is 0 Å². The average molecular weight is 1010 g/mol. The molecule has 0 unspecified atom stereocenters. The van der Waals surface area contributed by atoms with Crippen molar-refractivity contribution in [3.05, 3.63) is 71.8 Å². The van der Waals surface area contributed by atoms with Crippen LogP contribution in [-0.4, -0.2) is 145 Å². The summed E-state index contributed by atoms with van der Waals surface area (Å²) < 4.78 is 0. The molecule has 2 aromatic rings. The van der Waals surface area contributed by atoms with E-state index in [9.17, 15) is 73.2 Å². The zero-order valence-electron chi connectivity index (χ0n) is 40.8. The molecule has 0 spiro atoms. The summed E-state index contributed by atoms with van der Waals surface area (Å²) in [6.45, 7) is 8.18. The van der Waals surface area contributed by atoms with E-state index in [-0.39, 0.29) is 43.9 Å². The lowest BCUT2D eigenvalue weighted by molar-refractivity contribution is -0.143. The number of carbonyl (C=O) groups excluding carboxylic acids is 7. The number of aliphatic hydroxyl groups excluding tert-OH is 1. The minimum atomic E-state index is -2.19. The number of aliphatic carboxylic acids is 4. The Morgan fingerprint density at radius 3 is 1.36 bits per heavy atom. The first-order chi connectivity index (χ1) is 33.8. The maximum Gasteiger partial charge on any atom is 0.326 e. The highest BCUT2D eigenvalue weighted by Gasteiger charge is 2.36. The van der Waals surface area contributed by atoms with Crippen LogP contribution in [0, 0.1) is 11.8 Å². The topological polar surface area (TPSA) is 399 Å². The zero-order valence-corrected chi connectivity index (χ0v) is 40.8. The summed E-state index contributed by atoms with van der Waals surface area (Å²) in [6, 6.07) is 4.51. The molecule has 0 radical (unpaired) electrons. The standard InChI is InChI=1S/C48H68N8O16/c1-25(2)20-33(53-42(65)30(49)16-18-37(57)58)46(69)54-34(21-26(3)4)45(68)52-32(22-28-12-8-6-9-13-28)40(63)47(70)55-35(24-39(61)62)44(67)50-27(5)41(64)51-31(17-19-38(59)60)43(66)56-36(48(71)72)23-29-14-10-7-11-15-29/h6-15,25-27,30-36,40,63H,16-24,49H2,1-5H3,(H,50,67)(H,51,64)(H,52,68)(H,53,65)(H,54,69)(H,55,70)(H,56,66)(H,57,58)(H,59,60)(H,61,62)(H,71,72)/t27-,30-,31-,32-,33-,34-,35-,36-,40+/m0/s1. The van der Waals surface area contributed by atoms with E-state index in [1.54, 1.807) is 88.4 Å². The molecule has 0 saturated heterocycles. The van der Waals surface area contributed by atoms with Gasteiger partial charge in [0.1, 0.15) is 36.3 Å². The molecule has 24 heteroatoms. The maximum absolute atomic E-state index is 14.1. The number of carbonyl (C=O) groups is 11. The second-order valence-corrected chi connectivity index (χ2v) is 18.1. The lowest BCUT2D eigenvalue weighted by Gasteiger charge is -2.29. The number of nitrogens with two attached hydrogens (primary N) is 1. The molecule has 2 rings (SSSR count). The van der Waals surface area contributed by atoms with Crippen molar-refractivity contribution in [3.63, 3.8) is 0 Å². The molecular formula is C48H68N8O16. The molecule has 0 aliphatic rings. The fraction of sp³-hybridized carbons (Fsp3) is 0.521. The van der Waals surface area contributed by atoms with Gasteiger partial charge in [0.2, 0.25) is 35.4 Å². The monoisotopic (exact) mass is 1010 g/mol. The Balaban J connectivity index is 2.33. The van der Waals surface area contributed by atoms with Crippen LogP contribution >= 0.6 is 0 Å². The van der Waals surface area contributed by atoms with Crippen LogP contribution in [0.5, 0.6) is 0 Å².